The SMILES string of the molecule is O=c1cc(CCCCc2ccccc2)oc2cccc(O)c12. The number of hydrogen-bond acceptors (Lipinski definition) is 3. The topological polar surface area (TPSA) is 50.4 Å². The zero-order valence-electron chi connectivity index (χ0n) is 12.3. The highest BCUT2D eigenvalue weighted by molar-refractivity contribution is 5.82. The summed E-state index contributed by atoms with van der Waals surface area (Å²) in [5.74, 6) is 0.651. The van der Waals surface area contributed by atoms with Crippen molar-refractivity contribution in [1.29, 1.82) is 0 Å². The number of phenols is 1. The van der Waals surface area contributed by atoms with Gasteiger partial charge < -0.3 is 9.52 Å². The van der Waals surface area contributed by atoms with E-state index in [1.807, 2.05) is 18.2 Å². The molecule has 0 spiro atoms. The molecule has 0 amide bonds. The van der Waals surface area contributed by atoms with Crippen molar-refractivity contribution in [3.05, 3.63) is 76.1 Å². The molecule has 0 atom stereocenters. The van der Waals surface area contributed by atoms with Crippen molar-refractivity contribution in [3.63, 3.8) is 0 Å². The highest BCUT2D eigenvalue weighted by Crippen LogP contribution is 2.22. The van der Waals surface area contributed by atoms with Crippen molar-refractivity contribution in [3.8, 4) is 5.75 Å². The molecule has 3 rings (SSSR count). The van der Waals surface area contributed by atoms with E-state index in [1.54, 1.807) is 12.1 Å². The third-order valence-corrected chi connectivity index (χ3v) is 3.77. The van der Waals surface area contributed by atoms with Gasteiger partial charge in [-0.1, -0.05) is 36.4 Å². The average molecular weight is 294 g/mol. The summed E-state index contributed by atoms with van der Waals surface area (Å²) in [5.41, 5.74) is 1.59. The minimum atomic E-state index is -0.183. The molecule has 2 aromatic carbocycles. The molecule has 1 N–H and O–H groups in total. The summed E-state index contributed by atoms with van der Waals surface area (Å²) in [6, 6.07) is 16.7. The summed E-state index contributed by atoms with van der Waals surface area (Å²) < 4.78 is 5.72. The molecule has 0 fully saturated rings. The molecule has 1 heterocycles. The number of aromatic hydroxyl groups is 1. The van der Waals surface area contributed by atoms with E-state index >= 15 is 0 Å². The summed E-state index contributed by atoms with van der Waals surface area (Å²) >= 11 is 0. The van der Waals surface area contributed by atoms with Crippen LogP contribution in [-0.2, 0) is 12.8 Å². The summed E-state index contributed by atoms with van der Waals surface area (Å²) in [7, 11) is 0. The van der Waals surface area contributed by atoms with Crippen LogP contribution in [0.4, 0.5) is 0 Å². The van der Waals surface area contributed by atoms with Gasteiger partial charge >= 0.3 is 0 Å². The third kappa shape index (κ3) is 3.19. The second-order valence-corrected chi connectivity index (χ2v) is 5.42. The maximum absolute atomic E-state index is 12.1. The molecule has 3 nitrogen and oxygen atoms in total. The number of hydrogen-bond donors (Lipinski definition) is 1. The molecule has 0 bridgehead atoms. The first-order chi connectivity index (χ1) is 10.7. The fourth-order valence-corrected chi connectivity index (χ4v) is 2.64. The average Bonchev–Trinajstić information content (AvgIpc) is 2.52. The molecule has 0 unspecified atom stereocenters. The van der Waals surface area contributed by atoms with Crippen LogP contribution in [0.25, 0.3) is 11.0 Å². The first-order valence-corrected chi connectivity index (χ1v) is 7.53. The third-order valence-electron chi connectivity index (χ3n) is 3.77. The monoisotopic (exact) mass is 294 g/mol. The van der Waals surface area contributed by atoms with E-state index in [9.17, 15) is 9.90 Å². The summed E-state index contributed by atoms with van der Waals surface area (Å²) in [6.07, 6.45) is 3.76. The number of unbranched alkanes of at least 4 members (excludes halogenated alkanes) is 1. The Labute approximate surface area is 128 Å². The van der Waals surface area contributed by atoms with Gasteiger partial charge in [0.25, 0.3) is 0 Å². The van der Waals surface area contributed by atoms with Crippen molar-refractivity contribution in [1.82, 2.24) is 0 Å². The fraction of sp³-hybridized carbons (Fsp3) is 0.211. The summed E-state index contributed by atoms with van der Waals surface area (Å²) in [6.45, 7) is 0. The van der Waals surface area contributed by atoms with E-state index < -0.39 is 0 Å². The van der Waals surface area contributed by atoms with Crippen molar-refractivity contribution < 1.29 is 9.52 Å². The van der Waals surface area contributed by atoms with Gasteiger partial charge in [0.2, 0.25) is 0 Å². The molecule has 0 aliphatic rings. The van der Waals surface area contributed by atoms with Crippen LogP contribution in [0.1, 0.15) is 24.2 Å². The molecular weight excluding hydrogens is 276 g/mol. The summed E-state index contributed by atoms with van der Waals surface area (Å²) in [5, 5.41) is 9.98. The first kappa shape index (κ1) is 14.4. The smallest absolute Gasteiger partial charge is 0.196 e. The normalized spacial score (nSPS) is 10.9. The number of aryl methyl sites for hydroxylation is 2. The van der Waals surface area contributed by atoms with Crippen molar-refractivity contribution in [2.75, 3.05) is 0 Å². The van der Waals surface area contributed by atoms with Gasteiger partial charge in [0, 0.05) is 12.5 Å². The lowest BCUT2D eigenvalue weighted by Gasteiger charge is -2.04. The molecule has 1 aromatic heterocycles. The number of fused-ring (bicyclic) bond motifs is 1. The Balaban J connectivity index is 1.66. The Hall–Kier alpha value is -2.55. The number of benzene rings is 2. The maximum Gasteiger partial charge on any atom is 0.196 e. The van der Waals surface area contributed by atoms with Crippen LogP contribution in [0.3, 0.4) is 0 Å². The lowest BCUT2D eigenvalue weighted by Crippen LogP contribution is -2.02. The van der Waals surface area contributed by atoms with Crippen molar-refractivity contribution >= 4 is 11.0 Å². The molecule has 0 aliphatic carbocycles. The molecule has 0 radical (unpaired) electrons. The van der Waals surface area contributed by atoms with Gasteiger partial charge in [-0.15, -0.1) is 0 Å². The second-order valence-electron chi connectivity index (χ2n) is 5.42. The molecule has 0 aliphatic heterocycles. The predicted octanol–water partition coefficient (Wildman–Crippen LogP) is 4.06. The Kier molecular flexibility index (Phi) is 4.24. The fourth-order valence-electron chi connectivity index (χ4n) is 2.64. The molecule has 112 valence electrons. The minimum absolute atomic E-state index is 0.0260. The standard InChI is InChI=1S/C19H18O3/c20-16-11-6-12-18-19(16)17(21)13-15(22-18)10-5-4-9-14-7-2-1-3-8-14/h1-3,6-8,11-13,20H,4-5,9-10H2. The lowest BCUT2D eigenvalue weighted by atomic mass is 10.1. The van der Waals surface area contributed by atoms with Gasteiger partial charge in [-0.3, -0.25) is 4.79 Å². The van der Waals surface area contributed by atoms with Crippen molar-refractivity contribution in [2.45, 2.75) is 25.7 Å². The van der Waals surface area contributed by atoms with Gasteiger partial charge in [-0.2, -0.15) is 0 Å². The van der Waals surface area contributed by atoms with Gasteiger partial charge in [0.05, 0.1) is 0 Å². The van der Waals surface area contributed by atoms with E-state index in [4.69, 9.17) is 4.42 Å². The lowest BCUT2D eigenvalue weighted by molar-refractivity contribution is 0.476. The molecular formula is C19H18O3. The largest absolute Gasteiger partial charge is 0.507 e. The van der Waals surface area contributed by atoms with Crippen LogP contribution in [-0.4, -0.2) is 5.11 Å². The molecule has 3 heteroatoms. The van der Waals surface area contributed by atoms with Crippen LogP contribution in [0.15, 0.2) is 63.8 Å². The van der Waals surface area contributed by atoms with E-state index in [2.05, 4.69) is 12.1 Å². The zero-order valence-corrected chi connectivity index (χ0v) is 12.3. The van der Waals surface area contributed by atoms with Crippen LogP contribution in [0.5, 0.6) is 5.75 Å². The molecule has 0 saturated heterocycles. The first-order valence-electron chi connectivity index (χ1n) is 7.53. The van der Waals surface area contributed by atoms with Crippen LogP contribution < -0.4 is 5.43 Å². The Bertz CT molecular complexity index is 819. The van der Waals surface area contributed by atoms with Gasteiger partial charge in [-0.05, 0) is 37.0 Å². The maximum atomic E-state index is 12.1. The van der Waals surface area contributed by atoms with Crippen LogP contribution in [0, 0.1) is 0 Å². The van der Waals surface area contributed by atoms with E-state index in [1.165, 1.54) is 17.7 Å². The minimum Gasteiger partial charge on any atom is -0.507 e. The molecule has 22 heavy (non-hydrogen) atoms. The van der Waals surface area contributed by atoms with Crippen LogP contribution in [0.2, 0.25) is 0 Å². The van der Waals surface area contributed by atoms with E-state index in [-0.39, 0.29) is 16.6 Å². The second kappa shape index (κ2) is 6.48. The Morgan fingerprint density at radius 2 is 1.68 bits per heavy atom. The van der Waals surface area contributed by atoms with Gasteiger partial charge in [0.1, 0.15) is 22.5 Å². The Morgan fingerprint density at radius 3 is 2.50 bits per heavy atom. The highest BCUT2D eigenvalue weighted by atomic mass is 16.3. The van der Waals surface area contributed by atoms with Gasteiger partial charge in [-0.25, -0.2) is 0 Å². The summed E-state index contributed by atoms with van der Waals surface area (Å²) in [4.78, 5) is 12.1. The zero-order chi connectivity index (χ0) is 15.4. The number of phenolic OH excluding ortho intramolecular Hbond substituents is 1. The van der Waals surface area contributed by atoms with Gasteiger partial charge in [0.15, 0.2) is 5.43 Å². The molecule has 0 saturated carbocycles. The van der Waals surface area contributed by atoms with E-state index in [0.29, 0.717) is 11.3 Å². The predicted molar refractivity (Wildman–Crippen MR) is 87.2 cm³/mol. The Morgan fingerprint density at radius 1 is 0.909 bits per heavy atom. The van der Waals surface area contributed by atoms with Crippen LogP contribution >= 0.6 is 0 Å². The van der Waals surface area contributed by atoms with E-state index in [0.717, 1.165) is 25.7 Å². The highest BCUT2D eigenvalue weighted by Gasteiger charge is 2.08. The number of rotatable bonds is 5. The quantitative estimate of drug-likeness (QED) is 0.722. The van der Waals surface area contributed by atoms with Crippen molar-refractivity contribution in [2.24, 2.45) is 0 Å². The molecule has 3 aromatic rings.